The van der Waals surface area contributed by atoms with E-state index in [0.717, 1.165) is 33.8 Å². The van der Waals surface area contributed by atoms with Crippen LogP contribution in [0.1, 0.15) is 48.9 Å². The highest BCUT2D eigenvalue weighted by molar-refractivity contribution is 7.92. The molecule has 1 atom stereocenters. The molecule has 0 saturated heterocycles. The van der Waals surface area contributed by atoms with Crippen molar-refractivity contribution in [2.24, 2.45) is 0 Å². The van der Waals surface area contributed by atoms with Crippen LogP contribution in [0.25, 0.3) is 0 Å². The normalized spacial score (nSPS) is 12.1. The Hall–Kier alpha value is -3.72. The van der Waals surface area contributed by atoms with Crippen LogP contribution in [0.5, 0.6) is 0 Å². The zero-order valence-electron chi connectivity index (χ0n) is 23.8. The van der Waals surface area contributed by atoms with E-state index >= 15 is 0 Å². The predicted molar refractivity (Wildman–Crippen MR) is 156 cm³/mol. The van der Waals surface area contributed by atoms with Crippen molar-refractivity contribution in [2.75, 3.05) is 17.4 Å². The van der Waals surface area contributed by atoms with Crippen molar-refractivity contribution in [1.82, 2.24) is 10.2 Å². The van der Waals surface area contributed by atoms with Crippen molar-refractivity contribution in [3.63, 3.8) is 0 Å². The summed E-state index contributed by atoms with van der Waals surface area (Å²) < 4.78 is 43.6. The molecule has 0 aliphatic rings. The van der Waals surface area contributed by atoms with Gasteiger partial charge in [-0.2, -0.15) is 0 Å². The lowest BCUT2D eigenvalue weighted by Crippen LogP contribution is -2.51. The van der Waals surface area contributed by atoms with E-state index < -0.39 is 40.2 Å². The van der Waals surface area contributed by atoms with Gasteiger partial charge in [0.2, 0.25) is 11.8 Å². The van der Waals surface area contributed by atoms with Gasteiger partial charge >= 0.3 is 0 Å². The van der Waals surface area contributed by atoms with Crippen LogP contribution in [0.15, 0.2) is 71.6 Å². The smallest absolute Gasteiger partial charge is 0.264 e. The third-order valence-electron chi connectivity index (χ3n) is 6.68. The first-order chi connectivity index (χ1) is 18.9. The summed E-state index contributed by atoms with van der Waals surface area (Å²) in [5, 5.41) is 2.82. The average molecular weight is 568 g/mol. The largest absolute Gasteiger partial charge is 0.354 e. The van der Waals surface area contributed by atoms with Crippen LogP contribution in [-0.2, 0) is 26.2 Å². The fraction of sp³-hybridized carbons (Fsp3) is 0.355. The maximum atomic E-state index is 14.6. The van der Waals surface area contributed by atoms with Crippen molar-refractivity contribution in [3.05, 3.63) is 94.8 Å². The molecule has 0 spiro atoms. The van der Waals surface area contributed by atoms with Crippen LogP contribution >= 0.6 is 0 Å². The fourth-order valence-electron chi connectivity index (χ4n) is 4.39. The lowest BCUT2D eigenvalue weighted by molar-refractivity contribution is -0.139. The molecule has 0 aliphatic heterocycles. The summed E-state index contributed by atoms with van der Waals surface area (Å²) in [6, 6.07) is 16.8. The highest BCUT2D eigenvalue weighted by Gasteiger charge is 2.33. The molecule has 0 fully saturated rings. The van der Waals surface area contributed by atoms with Gasteiger partial charge in [0.25, 0.3) is 10.0 Å². The molecule has 214 valence electrons. The van der Waals surface area contributed by atoms with E-state index in [-0.39, 0.29) is 17.0 Å². The van der Waals surface area contributed by atoms with E-state index in [4.69, 9.17) is 0 Å². The van der Waals surface area contributed by atoms with Gasteiger partial charge in [0, 0.05) is 18.7 Å². The molecule has 1 N–H and O–H groups in total. The van der Waals surface area contributed by atoms with Crippen LogP contribution in [0.4, 0.5) is 10.1 Å². The maximum absolute atomic E-state index is 14.6. The van der Waals surface area contributed by atoms with Gasteiger partial charge in [-0.15, -0.1) is 0 Å². The van der Waals surface area contributed by atoms with Crippen LogP contribution in [0, 0.1) is 26.6 Å². The Labute approximate surface area is 237 Å². The SMILES string of the molecule is CCCCNC(=O)C(C)N(Cc1ccccc1F)C(=O)CN(c1cc(C)cc(C)c1)S(=O)(=O)c1ccc(C)cc1. The van der Waals surface area contributed by atoms with E-state index in [9.17, 15) is 22.4 Å². The number of aryl methyl sites for hydroxylation is 3. The Balaban J connectivity index is 2.04. The van der Waals surface area contributed by atoms with Crippen molar-refractivity contribution >= 4 is 27.5 Å². The van der Waals surface area contributed by atoms with E-state index in [1.54, 1.807) is 49.4 Å². The predicted octanol–water partition coefficient (Wildman–Crippen LogP) is 5.28. The maximum Gasteiger partial charge on any atom is 0.264 e. The molecule has 0 aliphatic carbocycles. The van der Waals surface area contributed by atoms with Gasteiger partial charge in [0.15, 0.2) is 0 Å². The van der Waals surface area contributed by atoms with Gasteiger partial charge in [0.05, 0.1) is 10.6 Å². The molecule has 40 heavy (non-hydrogen) atoms. The quantitative estimate of drug-likeness (QED) is 0.302. The highest BCUT2D eigenvalue weighted by Crippen LogP contribution is 2.27. The second kappa shape index (κ2) is 13.6. The third-order valence-corrected chi connectivity index (χ3v) is 8.47. The van der Waals surface area contributed by atoms with Crippen LogP contribution in [-0.4, -0.2) is 44.3 Å². The molecule has 3 aromatic carbocycles. The molecule has 9 heteroatoms. The number of hydrogen-bond donors (Lipinski definition) is 1. The Morgan fingerprint density at radius 3 is 2.15 bits per heavy atom. The minimum Gasteiger partial charge on any atom is -0.354 e. The first kappa shape index (κ1) is 30.8. The Morgan fingerprint density at radius 2 is 1.55 bits per heavy atom. The van der Waals surface area contributed by atoms with Crippen molar-refractivity contribution in [1.29, 1.82) is 0 Å². The summed E-state index contributed by atoms with van der Waals surface area (Å²) in [5.74, 6) is -1.54. The summed E-state index contributed by atoms with van der Waals surface area (Å²) in [7, 11) is -4.17. The monoisotopic (exact) mass is 567 g/mol. The number of nitrogens with zero attached hydrogens (tertiary/aromatic N) is 2. The minimum absolute atomic E-state index is 0.0380. The molecule has 0 aromatic heterocycles. The molecular weight excluding hydrogens is 529 g/mol. The number of halogens is 1. The minimum atomic E-state index is -4.17. The van der Waals surface area contributed by atoms with Gasteiger partial charge in [-0.25, -0.2) is 12.8 Å². The molecule has 0 heterocycles. The zero-order chi connectivity index (χ0) is 29.4. The Morgan fingerprint density at radius 1 is 0.925 bits per heavy atom. The van der Waals surface area contributed by atoms with Gasteiger partial charge in [0.1, 0.15) is 18.4 Å². The van der Waals surface area contributed by atoms with Crippen molar-refractivity contribution < 1.29 is 22.4 Å². The molecule has 3 rings (SSSR count). The standard InChI is InChI=1S/C31H38FN3O4S/c1-6-7-16-33-31(37)25(5)34(20-26-10-8-9-11-29(26)32)30(36)21-35(27-18-23(3)17-24(4)19-27)40(38,39)28-14-12-22(2)13-15-28/h8-15,17-19,25H,6-7,16,20-21H2,1-5H3,(H,33,37). The van der Waals surface area contributed by atoms with Gasteiger partial charge in [-0.05, 0) is 75.6 Å². The molecule has 3 aromatic rings. The Bertz CT molecular complexity index is 1420. The van der Waals surface area contributed by atoms with Crippen LogP contribution in [0.3, 0.4) is 0 Å². The third kappa shape index (κ3) is 7.69. The molecule has 1 unspecified atom stereocenters. The lowest BCUT2D eigenvalue weighted by atomic mass is 10.1. The first-order valence-corrected chi connectivity index (χ1v) is 14.9. The molecule has 0 saturated carbocycles. The number of benzene rings is 3. The Kier molecular flexibility index (Phi) is 10.5. The van der Waals surface area contributed by atoms with Crippen LogP contribution < -0.4 is 9.62 Å². The number of carbonyl (C=O) groups is 2. The summed E-state index contributed by atoms with van der Waals surface area (Å²) >= 11 is 0. The lowest BCUT2D eigenvalue weighted by Gasteiger charge is -2.32. The topological polar surface area (TPSA) is 86.8 Å². The zero-order valence-corrected chi connectivity index (χ0v) is 24.6. The average Bonchev–Trinajstić information content (AvgIpc) is 2.90. The summed E-state index contributed by atoms with van der Waals surface area (Å²) in [6.07, 6.45) is 1.66. The summed E-state index contributed by atoms with van der Waals surface area (Å²) in [5.41, 5.74) is 3.12. The van der Waals surface area contributed by atoms with E-state index in [0.29, 0.717) is 12.2 Å². The second-order valence-corrected chi connectivity index (χ2v) is 12.0. The number of amides is 2. The van der Waals surface area contributed by atoms with E-state index in [2.05, 4.69) is 5.32 Å². The molecule has 0 radical (unpaired) electrons. The highest BCUT2D eigenvalue weighted by atomic mass is 32.2. The van der Waals surface area contributed by atoms with Gasteiger partial charge in [-0.3, -0.25) is 13.9 Å². The van der Waals surface area contributed by atoms with Gasteiger partial charge < -0.3 is 10.2 Å². The number of rotatable bonds is 12. The summed E-state index contributed by atoms with van der Waals surface area (Å²) in [4.78, 5) is 28.2. The summed E-state index contributed by atoms with van der Waals surface area (Å²) in [6.45, 7) is 8.80. The molecule has 0 bridgehead atoms. The van der Waals surface area contributed by atoms with Gasteiger partial charge in [-0.1, -0.05) is 55.3 Å². The number of sulfonamides is 1. The molecule has 7 nitrogen and oxygen atoms in total. The second-order valence-electron chi connectivity index (χ2n) is 10.1. The van der Waals surface area contributed by atoms with Crippen molar-refractivity contribution in [3.8, 4) is 0 Å². The van der Waals surface area contributed by atoms with E-state index in [1.165, 1.54) is 23.1 Å². The van der Waals surface area contributed by atoms with Crippen LogP contribution in [0.2, 0.25) is 0 Å². The number of anilines is 1. The molecular formula is C31H38FN3O4S. The first-order valence-electron chi connectivity index (χ1n) is 13.4. The van der Waals surface area contributed by atoms with Crippen molar-refractivity contribution in [2.45, 2.75) is 64.9 Å². The molecule has 2 amide bonds. The number of carbonyl (C=O) groups excluding carboxylic acids is 2. The van der Waals surface area contributed by atoms with E-state index in [1.807, 2.05) is 33.8 Å². The number of hydrogen-bond acceptors (Lipinski definition) is 4. The fourth-order valence-corrected chi connectivity index (χ4v) is 5.79. The number of nitrogens with one attached hydrogen (secondary N) is 1. The number of unbranched alkanes of at least 4 members (excludes halogenated alkanes) is 1.